The van der Waals surface area contributed by atoms with Gasteiger partial charge in [-0.1, -0.05) is 44.2 Å². The maximum absolute atomic E-state index is 11.9. The first-order chi connectivity index (χ1) is 9.91. The van der Waals surface area contributed by atoms with Crippen LogP contribution in [-0.4, -0.2) is 29.6 Å². The summed E-state index contributed by atoms with van der Waals surface area (Å²) in [4.78, 5) is 22.9. The predicted octanol–water partition coefficient (Wildman–Crippen LogP) is 1.42. The van der Waals surface area contributed by atoms with Crippen LogP contribution in [0.25, 0.3) is 0 Å². The number of carboxylic acid groups (broad SMARTS) is 1. The largest absolute Gasteiger partial charge is 0.481 e. The SMILES string of the molecule is CC(C)C(CNC(=O)[C@@H](N)CCc1ccccc1)C(=O)O. The van der Waals surface area contributed by atoms with E-state index in [0.717, 1.165) is 12.0 Å². The molecule has 5 heteroatoms. The van der Waals surface area contributed by atoms with Crippen molar-refractivity contribution in [1.29, 1.82) is 0 Å². The van der Waals surface area contributed by atoms with E-state index in [0.29, 0.717) is 6.42 Å². The van der Waals surface area contributed by atoms with Crippen LogP contribution in [0.4, 0.5) is 0 Å². The number of hydrogen-bond acceptors (Lipinski definition) is 3. The van der Waals surface area contributed by atoms with Crippen LogP contribution in [0.1, 0.15) is 25.8 Å². The van der Waals surface area contributed by atoms with Crippen LogP contribution >= 0.6 is 0 Å². The van der Waals surface area contributed by atoms with Crippen molar-refractivity contribution in [1.82, 2.24) is 5.32 Å². The molecule has 5 nitrogen and oxygen atoms in total. The maximum atomic E-state index is 11.9. The summed E-state index contributed by atoms with van der Waals surface area (Å²) >= 11 is 0. The van der Waals surface area contributed by atoms with E-state index in [2.05, 4.69) is 5.32 Å². The monoisotopic (exact) mass is 292 g/mol. The Labute approximate surface area is 125 Å². The van der Waals surface area contributed by atoms with Crippen molar-refractivity contribution < 1.29 is 14.7 Å². The topological polar surface area (TPSA) is 92.4 Å². The summed E-state index contributed by atoms with van der Waals surface area (Å²) in [7, 11) is 0. The van der Waals surface area contributed by atoms with Gasteiger partial charge in [0.05, 0.1) is 12.0 Å². The van der Waals surface area contributed by atoms with E-state index in [1.807, 2.05) is 44.2 Å². The van der Waals surface area contributed by atoms with Crippen LogP contribution in [0.15, 0.2) is 30.3 Å². The molecule has 1 amide bonds. The number of carboxylic acids is 1. The van der Waals surface area contributed by atoms with Gasteiger partial charge in [-0.05, 0) is 24.3 Å². The fourth-order valence-electron chi connectivity index (χ4n) is 2.05. The average Bonchev–Trinajstić information content (AvgIpc) is 2.45. The van der Waals surface area contributed by atoms with Gasteiger partial charge in [-0.15, -0.1) is 0 Å². The molecule has 0 saturated carbocycles. The Kier molecular flexibility index (Phi) is 6.88. The molecule has 0 fully saturated rings. The van der Waals surface area contributed by atoms with Gasteiger partial charge in [0.1, 0.15) is 0 Å². The smallest absolute Gasteiger partial charge is 0.308 e. The van der Waals surface area contributed by atoms with Gasteiger partial charge in [0, 0.05) is 6.54 Å². The van der Waals surface area contributed by atoms with Crippen LogP contribution in [-0.2, 0) is 16.0 Å². The zero-order chi connectivity index (χ0) is 15.8. The number of aryl methyl sites for hydroxylation is 1. The van der Waals surface area contributed by atoms with Crippen molar-refractivity contribution in [3.63, 3.8) is 0 Å². The van der Waals surface area contributed by atoms with E-state index in [1.54, 1.807) is 0 Å². The van der Waals surface area contributed by atoms with Crippen LogP contribution in [0.3, 0.4) is 0 Å². The molecule has 1 aromatic carbocycles. The quantitative estimate of drug-likeness (QED) is 0.675. The first kappa shape index (κ1) is 17.2. The number of rotatable bonds is 8. The van der Waals surface area contributed by atoms with E-state index in [4.69, 9.17) is 10.8 Å². The Balaban J connectivity index is 2.39. The van der Waals surface area contributed by atoms with Gasteiger partial charge in [0.2, 0.25) is 5.91 Å². The zero-order valence-electron chi connectivity index (χ0n) is 12.6. The van der Waals surface area contributed by atoms with E-state index in [-0.39, 0.29) is 18.4 Å². The molecule has 0 radical (unpaired) electrons. The normalized spacial score (nSPS) is 13.7. The van der Waals surface area contributed by atoms with Gasteiger partial charge in [-0.25, -0.2) is 0 Å². The predicted molar refractivity (Wildman–Crippen MR) is 81.7 cm³/mol. The molecule has 0 heterocycles. The van der Waals surface area contributed by atoms with Gasteiger partial charge >= 0.3 is 5.97 Å². The lowest BCUT2D eigenvalue weighted by Gasteiger charge is -2.18. The lowest BCUT2D eigenvalue weighted by Crippen LogP contribution is -2.44. The lowest BCUT2D eigenvalue weighted by molar-refractivity contribution is -0.143. The van der Waals surface area contributed by atoms with Crippen molar-refractivity contribution in [2.24, 2.45) is 17.6 Å². The minimum Gasteiger partial charge on any atom is -0.481 e. The van der Waals surface area contributed by atoms with Gasteiger partial charge in [-0.3, -0.25) is 9.59 Å². The third-order valence-electron chi connectivity index (χ3n) is 3.54. The highest BCUT2D eigenvalue weighted by Crippen LogP contribution is 2.10. The minimum absolute atomic E-state index is 0.0386. The maximum Gasteiger partial charge on any atom is 0.308 e. The van der Waals surface area contributed by atoms with E-state index in [9.17, 15) is 9.59 Å². The second kappa shape index (κ2) is 8.42. The molecule has 0 saturated heterocycles. The summed E-state index contributed by atoms with van der Waals surface area (Å²) in [5.74, 6) is -1.82. The zero-order valence-corrected chi connectivity index (χ0v) is 12.6. The molecule has 21 heavy (non-hydrogen) atoms. The first-order valence-corrected chi connectivity index (χ1v) is 7.21. The number of carbonyl (C=O) groups excluding carboxylic acids is 1. The number of nitrogens with one attached hydrogen (secondary N) is 1. The highest BCUT2D eigenvalue weighted by molar-refractivity contribution is 5.82. The Morgan fingerprint density at radius 2 is 1.86 bits per heavy atom. The molecule has 0 aromatic heterocycles. The van der Waals surface area contributed by atoms with Gasteiger partial charge in [-0.2, -0.15) is 0 Å². The molecular weight excluding hydrogens is 268 g/mol. The summed E-state index contributed by atoms with van der Waals surface area (Å²) in [6, 6.07) is 9.19. The van der Waals surface area contributed by atoms with Crippen LogP contribution < -0.4 is 11.1 Å². The summed E-state index contributed by atoms with van der Waals surface area (Å²) in [5.41, 5.74) is 6.97. The van der Waals surface area contributed by atoms with Gasteiger partial charge in [0.15, 0.2) is 0 Å². The van der Waals surface area contributed by atoms with Crippen LogP contribution in [0, 0.1) is 11.8 Å². The minimum atomic E-state index is -0.900. The van der Waals surface area contributed by atoms with E-state index >= 15 is 0 Å². The molecule has 2 atom stereocenters. The molecular formula is C16H24N2O3. The molecule has 0 aliphatic carbocycles. The number of benzene rings is 1. The summed E-state index contributed by atoms with van der Waals surface area (Å²) < 4.78 is 0. The van der Waals surface area contributed by atoms with E-state index < -0.39 is 17.9 Å². The van der Waals surface area contributed by atoms with Crippen molar-refractivity contribution >= 4 is 11.9 Å². The third kappa shape index (κ3) is 5.95. The Hall–Kier alpha value is -1.88. The summed E-state index contributed by atoms with van der Waals surface area (Å²) in [6.45, 7) is 3.76. The fraction of sp³-hybridized carbons (Fsp3) is 0.500. The van der Waals surface area contributed by atoms with E-state index in [1.165, 1.54) is 0 Å². The van der Waals surface area contributed by atoms with Crippen molar-refractivity contribution in [2.75, 3.05) is 6.54 Å². The highest BCUT2D eigenvalue weighted by atomic mass is 16.4. The first-order valence-electron chi connectivity index (χ1n) is 7.21. The molecule has 4 N–H and O–H groups in total. The van der Waals surface area contributed by atoms with Crippen molar-refractivity contribution in [3.8, 4) is 0 Å². The summed E-state index contributed by atoms with van der Waals surface area (Å²) in [5, 5.41) is 11.7. The van der Waals surface area contributed by atoms with Gasteiger partial charge in [0.25, 0.3) is 0 Å². The molecule has 0 aliphatic rings. The third-order valence-corrected chi connectivity index (χ3v) is 3.54. The van der Waals surface area contributed by atoms with Gasteiger partial charge < -0.3 is 16.2 Å². The van der Waals surface area contributed by atoms with Crippen LogP contribution in [0.2, 0.25) is 0 Å². The van der Waals surface area contributed by atoms with Crippen molar-refractivity contribution in [2.45, 2.75) is 32.7 Å². The molecule has 116 valence electrons. The second-order valence-electron chi connectivity index (χ2n) is 5.56. The Bertz CT molecular complexity index is 460. The molecule has 1 rings (SSSR count). The standard InChI is InChI=1S/C16H24N2O3/c1-11(2)13(16(20)21)10-18-15(19)14(17)9-8-12-6-4-3-5-7-12/h3-7,11,13-14H,8-10,17H2,1-2H3,(H,18,19)(H,20,21)/t13?,14-/m0/s1. The molecule has 0 aliphatic heterocycles. The number of hydrogen-bond donors (Lipinski definition) is 3. The summed E-state index contributed by atoms with van der Waals surface area (Å²) in [6.07, 6.45) is 1.26. The average molecular weight is 292 g/mol. The van der Waals surface area contributed by atoms with Crippen LogP contribution in [0.5, 0.6) is 0 Å². The fourth-order valence-corrected chi connectivity index (χ4v) is 2.05. The molecule has 0 bridgehead atoms. The lowest BCUT2D eigenvalue weighted by atomic mass is 9.96. The number of amides is 1. The molecule has 1 aromatic rings. The molecule has 0 spiro atoms. The Morgan fingerprint density at radius 3 is 2.38 bits per heavy atom. The molecule has 1 unspecified atom stereocenters. The van der Waals surface area contributed by atoms with Crippen molar-refractivity contribution in [3.05, 3.63) is 35.9 Å². The number of aliphatic carboxylic acids is 1. The number of nitrogens with two attached hydrogens (primary N) is 1. The highest BCUT2D eigenvalue weighted by Gasteiger charge is 2.23. The second-order valence-corrected chi connectivity index (χ2v) is 5.56. The number of carbonyl (C=O) groups is 2. The Morgan fingerprint density at radius 1 is 1.24 bits per heavy atom.